The van der Waals surface area contributed by atoms with E-state index in [9.17, 15) is 9.59 Å². The molecule has 0 atom stereocenters. The van der Waals surface area contributed by atoms with Crippen molar-refractivity contribution >= 4 is 44.9 Å². The van der Waals surface area contributed by atoms with Crippen LogP contribution in [0.2, 0.25) is 0 Å². The molecule has 1 aromatic carbocycles. The third kappa shape index (κ3) is 4.50. The Labute approximate surface area is 174 Å². The molecule has 3 heterocycles. The van der Waals surface area contributed by atoms with Crippen LogP contribution in [-0.2, 0) is 9.59 Å². The lowest BCUT2D eigenvalue weighted by Gasteiger charge is -2.31. The molecule has 4 rings (SSSR count). The van der Waals surface area contributed by atoms with Crippen molar-refractivity contribution in [2.45, 2.75) is 12.8 Å². The summed E-state index contributed by atoms with van der Waals surface area (Å²) in [7, 11) is 0. The predicted molar refractivity (Wildman–Crippen MR) is 109 cm³/mol. The van der Waals surface area contributed by atoms with E-state index in [2.05, 4.69) is 52.1 Å². The number of nitrogens with one attached hydrogen (secondary N) is 2. The molecule has 10 nitrogen and oxygen atoms in total. The molecule has 0 unspecified atom stereocenters. The minimum Gasteiger partial charge on any atom is -0.355 e. The molecule has 150 valence electrons. The Balaban J connectivity index is 1.25. The van der Waals surface area contributed by atoms with Crippen LogP contribution in [0.4, 0.5) is 11.5 Å². The number of carbonyl (C=O) groups is 2. The molecule has 2 N–H and O–H groups in total. The summed E-state index contributed by atoms with van der Waals surface area (Å²) in [6, 6.07) is 11.0. The van der Waals surface area contributed by atoms with Crippen LogP contribution in [-0.4, -0.2) is 56.7 Å². The van der Waals surface area contributed by atoms with Crippen LogP contribution in [0.1, 0.15) is 12.8 Å². The van der Waals surface area contributed by atoms with Crippen molar-refractivity contribution in [3.8, 4) is 0 Å². The summed E-state index contributed by atoms with van der Waals surface area (Å²) >= 11 is 3.38. The summed E-state index contributed by atoms with van der Waals surface area (Å²) in [5.74, 6) is 0.285. The van der Waals surface area contributed by atoms with Crippen molar-refractivity contribution in [1.82, 2.24) is 30.6 Å². The molecule has 0 spiro atoms. The van der Waals surface area contributed by atoms with E-state index < -0.39 is 0 Å². The highest BCUT2D eigenvalue weighted by molar-refractivity contribution is 9.10. The van der Waals surface area contributed by atoms with Crippen molar-refractivity contribution in [3.63, 3.8) is 0 Å². The van der Waals surface area contributed by atoms with Crippen LogP contribution in [0.15, 0.2) is 40.9 Å². The first-order chi connectivity index (χ1) is 14.1. The first-order valence-electron chi connectivity index (χ1n) is 9.22. The Hall–Kier alpha value is -3.08. The molecule has 0 aliphatic carbocycles. The number of hydrogen-bond acceptors (Lipinski definition) is 7. The van der Waals surface area contributed by atoms with Gasteiger partial charge in [-0.3, -0.25) is 9.59 Å². The Morgan fingerprint density at radius 2 is 1.93 bits per heavy atom. The van der Waals surface area contributed by atoms with Gasteiger partial charge in [0, 0.05) is 23.5 Å². The van der Waals surface area contributed by atoms with Gasteiger partial charge in [0.2, 0.25) is 11.8 Å². The highest BCUT2D eigenvalue weighted by Gasteiger charge is 2.26. The van der Waals surface area contributed by atoms with Gasteiger partial charge in [0.15, 0.2) is 11.5 Å². The Kier molecular flexibility index (Phi) is 5.65. The number of carbonyl (C=O) groups excluding carboxylic acids is 2. The number of nitrogens with zero attached hydrogens (tertiary/aromatic N) is 6. The summed E-state index contributed by atoms with van der Waals surface area (Å²) in [5.41, 5.74) is 1.26. The molecular formula is C18H19BrN8O2. The predicted octanol–water partition coefficient (Wildman–Crippen LogP) is 1.25. The van der Waals surface area contributed by atoms with Gasteiger partial charge >= 0.3 is 0 Å². The molecule has 2 aromatic heterocycles. The van der Waals surface area contributed by atoms with E-state index >= 15 is 0 Å². The van der Waals surface area contributed by atoms with Gasteiger partial charge in [0.05, 0.1) is 12.2 Å². The number of benzene rings is 1. The summed E-state index contributed by atoms with van der Waals surface area (Å²) in [5, 5.41) is 21.1. The van der Waals surface area contributed by atoms with Gasteiger partial charge in [-0.05, 0) is 63.5 Å². The van der Waals surface area contributed by atoms with Crippen molar-refractivity contribution in [1.29, 1.82) is 0 Å². The number of hydrogen-bond donors (Lipinski definition) is 2. The van der Waals surface area contributed by atoms with Crippen LogP contribution in [0, 0.1) is 5.92 Å². The highest BCUT2D eigenvalue weighted by Crippen LogP contribution is 2.22. The van der Waals surface area contributed by atoms with Crippen molar-refractivity contribution in [2.24, 2.45) is 5.92 Å². The van der Waals surface area contributed by atoms with E-state index in [0.717, 1.165) is 10.3 Å². The number of rotatable bonds is 5. The van der Waals surface area contributed by atoms with Gasteiger partial charge in [-0.1, -0.05) is 12.1 Å². The molecule has 2 amide bonds. The van der Waals surface area contributed by atoms with Crippen LogP contribution < -0.4 is 15.5 Å². The van der Waals surface area contributed by atoms with Gasteiger partial charge in [0.25, 0.3) is 0 Å². The van der Waals surface area contributed by atoms with E-state index in [-0.39, 0.29) is 24.3 Å². The largest absolute Gasteiger partial charge is 0.355 e. The molecule has 11 heteroatoms. The number of amides is 2. The third-order valence-electron chi connectivity index (χ3n) is 4.82. The van der Waals surface area contributed by atoms with Gasteiger partial charge in [0.1, 0.15) is 0 Å². The average Bonchev–Trinajstić information content (AvgIpc) is 3.22. The fourth-order valence-corrected chi connectivity index (χ4v) is 3.63. The Morgan fingerprint density at radius 3 is 2.72 bits per heavy atom. The van der Waals surface area contributed by atoms with Gasteiger partial charge in [-0.15, -0.1) is 14.8 Å². The van der Waals surface area contributed by atoms with Crippen molar-refractivity contribution in [2.75, 3.05) is 29.9 Å². The van der Waals surface area contributed by atoms with Crippen LogP contribution >= 0.6 is 15.9 Å². The number of halogens is 1. The van der Waals surface area contributed by atoms with Crippen LogP contribution in [0.5, 0.6) is 0 Å². The topological polar surface area (TPSA) is 117 Å². The zero-order valence-electron chi connectivity index (χ0n) is 15.5. The summed E-state index contributed by atoms with van der Waals surface area (Å²) in [6.45, 7) is 1.33. The van der Waals surface area contributed by atoms with Gasteiger partial charge < -0.3 is 15.5 Å². The average molecular weight is 459 g/mol. The maximum Gasteiger partial charge on any atom is 0.243 e. The third-order valence-corrected chi connectivity index (χ3v) is 5.51. The number of aromatic nitrogens is 5. The minimum atomic E-state index is -0.262. The molecular weight excluding hydrogens is 440 g/mol. The molecule has 0 radical (unpaired) electrons. The quantitative estimate of drug-likeness (QED) is 0.590. The monoisotopic (exact) mass is 458 g/mol. The highest BCUT2D eigenvalue weighted by atomic mass is 79.9. The Bertz CT molecular complexity index is 1030. The molecule has 3 aromatic rings. The fraction of sp³-hybridized carbons (Fsp3) is 0.333. The van der Waals surface area contributed by atoms with Crippen molar-refractivity contribution in [3.05, 3.63) is 40.9 Å². The maximum atomic E-state index is 12.4. The van der Waals surface area contributed by atoms with E-state index in [4.69, 9.17) is 0 Å². The second kappa shape index (κ2) is 8.52. The van der Waals surface area contributed by atoms with Gasteiger partial charge in [-0.2, -0.15) is 0 Å². The second-order valence-electron chi connectivity index (χ2n) is 6.73. The first-order valence-corrected chi connectivity index (χ1v) is 10.0. The zero-order chi connectivity index (χ0) is 20.2. The van der Waals surface area contributed by atoms with E-state index in [1.165, 1.54) is 4.63 Å². The number of para-hydroxylation sites is 1. The van der Waals surface area contributed by atoms with Gasteiger partial charge in [-0.25, -0.2) is 0 Å². The lowest BCUT2D eigenvalue weighted by atomic mass is 9.96. The van der Waals surface area contributed by atoms with Crippen LogP contribution in [0.3, 0.4) is 0 Å². The molecule has 1 saturated heterocycles. The molecule has 1 fully saturated rings. The van der Waals surface area contributed by atoms with E-state index in [0.29, 0.717) is 37.3 Å². The smallest absolute Gasteiger partial charge is 0.243 e. The van der Waals surface area contributed by atoms with Crippen LogP contribution in [0.25, 0.3) is 5.65 Å². The number of piperidine rings is 1. The summed E-state index contributed by atoms with van der Waals surface area (Å²) < 4.78 is 2.18. The number of fused-ring (bicyclic) bond motifs is 1. The lowest BCUT2D eigenvalue weighted by Crippen LogP contribution is -2.43. The summed E-state index contributed by atoms with van der Waals surface area (Å²) in [6.07, 6.45) is 1.38. The minimum absolute atomic E-state index is 0.0576. The second-order valence-corrected chi connectivity index (χ2v) is 7.58. The molecule has 0 bridgehead atoms. The SMILES string of the molecule is O=C(CNC(=O)C1CCN(c2ccc3nnnn3n2)CC1)Nc1ccccc1Br. The summed E-state index contributed by atoms with van der Waals surface area (Å²) in [4.78, 5) is 26.6. The number of tetrazole rings is 1. The normalized spacial score (nSPS) is 14.7. The Morgan fingerprint density at radius 1 is 1.14 bits per heavy atom. The fourth-order valence-electron chi connectivity index (χ4n) is 3.25. The zero-order valence-corrected chi connectivity index (χ0v) is 17.0. The van der Waals surface area contributed by atoms with E-state index in [1.807, 2.05) is 30.3 Å². The molecule has 0 saturated carbocycles. The molecule has 1 aliphatic heterocycles. The number of anilines is 2. The van der Waals surface area contributed by atoms with E-state index in [1.54, 1.807) is 6.07 Å². The standard InChI is InChI=1S/C18H19BrN8O2/c19-13-3-1-2-4-14(13)21-17(28)11-20-18(29)12-7-9-26(10-8-12)16-6-5-15-22-24-25-27(15)23-16/h1-6,12H,7-11H2,(H,20,29)(H,21,28). The molecule has 1 aliphatic rings. The maximum absolute atomic E-state index is 12.4. The lowest BCUT2D eigenvalue weighted by molar-refractivity contribution is -0.127. The first kappa shape index (κ1) is 19.2. The van der Waals surface area contributed by atoms with Crippen molar-refractivity contribution < 1.29 is 9.59 Å². The molecule has 29 heavy (non-hydrogen) atoms.